The van der Waals surface area contributed by atoms with Crippen LogP contribution in [-0.4, -0.2) is 46.5 Å². The van der Waals surface area contributed by atoms with Gasteiger partial charge in [0.2, 0.25) is 5.91 Å². The molecule has 1 aliphatic carbocycles. The number of piperidine rings is 1. The Labute approximate surface area is 137 Å². The molecule has 0 radical (unpaired) electrons. The molecular weight excluding hydrogens is 290 g/mol. The van der Waals surface area contributed by atoms with Crippen molar-refractivity contribution in [3.63, 3.8) is 0 Å². The summed E-state index contributed by atoms with van der Waals surface area (Å²) in [7, 11) is 1.86. The molecule has 3 rings (SSSR count). The minimum Gasteiger partial charge on any atom is -0.372 e. The largest absolute Gasteiger partial charge is 0.372 e. The van der Waals surface area contributed by atoms with Crippen molar-refractivity contribution in [1.29, 1.82) is 0 Å². The SMILES string of the molecule is CNc1nccnc1CC1CCCN(C(=O)C2(N)CCCC2)C1. The van der Waals surface area contributed by atoms with Gasteiger partial charge in [0.1, 0.15) is 5.82 Å². The molecule has 1 unspecified atom stereocenters. The Morgan fingerprint density at radius 2 is 2.09 bits per heavy atom. The van der Waals surface area contributed by atoms with E-state index in [9.17, 15) is 4.79 Å². The number of rotatable bonds is 4. The second kappa shape index (κ2) is 6.83. The summed E-state index contributed by atoms with van der Waals surface area (Å²) in [6.07, 6.45) is 10.3. The first-order valence-corrected chi connectivity index (χ1v) is 8.68. The lowest BCUT2D eigenvalue weighted by molar-refractivity contribution is -0.138. The van der Waals surface area contributed by atoms with Gasteiger partial charge >= 0.3 is 0 Å². The highest BCUT2D eigenvalue weighted by Gasteiger charge is 2.41. The van der Waals surface area contributed by atoms with Gasteiger partial charge in [-0.15, -0.1) is 0 Å². The Morgan fingerprint density at radius 3 is 2.83 bits per heavy atom. The Morgan fingerprint density at radius 1 is 1.35 bits per heavy atom. The average Bonchev–Trinajstić information content (AvgIpc) is 3.03. The summed E-state index contributed by atoms with van der Waals surface area (Å²) in [6, 6.07) is 0. The lowest BCUT2D eigenvalue weighted by Crippen LogP contribution is -2.55. The summed E-state index contributed by atoms with van der Waals surface area (Å²) < 4.78 is 0. The standard InChI is InChI=1S/C17H27N5O/c1-19-15-14(20-8-9-21-15)11-13-5-4-10-22(12-13)16(23)17(18)6-2-3-7-17/h8-9,13H,2-7,10-12,18H2,1H3,(H,19,21). The molecule has 2 aliphatic rings. The van der Waals surface area contributed by atoms with Crippen molar-refractivity contribution >= 4 is 11.7 Å². The van der Waals surface area contributed by atoms with Crippen LogP contribution in [0.3, 0.4) is 0 Å². The van der Waals surface area contributed by atoms with Crippen molar-refractivity contribution in [2.75, 3.05) is 25.5 Å². The molecule has 1 saturated carbocycles. The molecule has 1 aromatic heterocycles. The lowest BCUT2D eigenvalue weighted by atomic mass is 9.90. The third-order valence-corrected chi connectivity index (χ3v) is 5.22. The number of carbonyl (C=O) groups excluding carboxylic acids is 1. The van der Waals surface area contributed by atoms with E-state index < -0.39 is 5.54 Å². The number of likely N-dealkylation sites (tertiary alicyclic amines) is 1. The zero-order valence-corrected chi connectivity index (χ0v) is 13.9. The van der Waals surface area contributed by atoms with Gasteiger partial charge in [0.15, 0.2) is 0 Å². The van der Waals surface area contributed by atoms with Crippen molar-refractivity contribution in [2.24, 2.45) is 11.7 Å². The van der Waals surface area contributed by atoms with Crippen LogP contribution >= 0.6 is 0 Å². The summed E-state index contributed by atoms with van der Waals surface area (Å²) in [5.74, 6) is 1.43. The third-order valence-electron chi connectivity index (χ3n) is 5.22. The number of hydrogen-bond acceptors (Lipinski definition) is 5. The number of aromatic nitrogens is 2. The van der Waals surface area contributed by atoms with E-state index in [0.717, 1.165) is 69.5 Å². The Bertz CT molecular complexity index is 556. The maximum atomic E-state index is 12.8. The van der Waals surface area contributed by atoms with Crippen LogP contribution in [0, 0.1) is 5.92 Å². The molecule has 1 aliphatic heterocycles. The van der Waals surface area contributed by atoms with Gasteiger partial charge in [-0.05, 0) is 38.0 Å². The molecule has 0 aromatic carbocycles. The van der Waals surface area contributed by atoms with Crippen LogP contribution in [0.5, 0.6) is 0 Å². The number of carbonyl (C=O) groups is 1. The van der Waals surface area contributed by atoms with Crippen molar-refractivity contribution < 1.29 is 4.79 Å². The molecule has 0 bridgehead atoms. The summed E-state index contributed by atoms with van der Waals surface area (Å²) in [5, 5.41) is 3.10. The number of hydrogen-bond donors (Lipinski definition) is 2. The smallest absolute Gasteiger partial charge is 0.242 e. The lowest BCUT2D eigenvalue weighted by Gasteiger charge is -2.37. The van der Waals surface area contributed by atoms with Crippen molar-refractivity contribution in [1.82, 2.24) is 14.9 Å². The summed E-state index contributed by atoms with van der Waals surface area (Å²) in [6.45, 7) is 1.63. The molecule has 2 fully saturated rings. The number of nitrogens with one attached hydrogen (secondary N) is 1. The van der Waals surface area contributed by atoms with Gasteiger partial charge < -0.3 is 16.0 Å². The predicted octanol–water partition coefficient (Wildman–Crippen LogP) is 1.57. The highest BCUT2D eigenvalue weighted by atomic mass is 16.2. The molecule has 126 valence electrons. The second-order valence-corrected chi connectivity index (χ2v) is 6.93. The van der Waals surface area contributed by atoms with Gasteiger partial charge in [-0.3, -0.25) is 9.78 Å². The fraction of sp³-hybridized carbons (Fsp3) is 0.706. The van der Waals surface area contributed by atoms with Gasteiger partial charge in [-0.2, -0.15) is 0 Å². The summed E-state index contributed by atoms with van der Waals surface area (Å²) >= 11 is 0. The van der Waals surface area contributed by atoms with Crippen LogP contribution in [0.4, 0.5) is 5.82 Å². The van der Waals surface area contributed by atoms with E-state index in [1.165, 1.54) is 0 Å². The summed E-state index contributed by atoms with van der Waals surface area (Å²) in [4.78, 5) is 23.6. The molecule has 1 atom stereocenters. The number of anilines is 1. The van der Waals surface area contributed by atoms with Crippen LogP contribution in [0.1, 0.15) is 44.2 Å². The number of nitrogens with two attached hydrogens (primary N) is 1. The van der Waals surface area contributed by atoms with Gasteiger partial charge in [0.05, 0.1) is 11.2 Å². The van der Waals surface area contributed by atoms with E-state index in [2.05, 4.69) is 15.3 Å². The van der Waals surface area contributed by atoms with Gasteiger partial charge in [0.25, 0.3) is 0 Å². The Kier molecular flexibility index (Phi) is 4.80. The first-order valence-electron chi connectivity index (χ1n) is 8.68. The second-order valence-electron chi connectivity index (χ2n) is 6.93. The number of amides is 1. The predicted molar refractivity (Wildman–Crippen MR) is 90.0 cm³/mol. The normalized spacial score (nSPS) is 23.7. The molecule has 1 aromatic rings. The van der Waals surface area contributed by atoms with E-state index in [4.69, 9.17) is 5.73 Å². The highest BCUT2D eigenvalue weighted by molar-refractivity contribution is 5.86. The Balaban J connectivity index is 1.65. The van der Waals surface area contributed by atoms with E-state index in [-0.39, 0.29) is 5.91 Å². The quantitative estimate of drug-likeness (QED) is 0.880. The first kappa shape index (κ1) is 16.2. The summed E-state index contributed by atoms with van der Waals surface area (Å²) in [5.41, 5.74) is 6.73. The topological polar surface area (TPSA) is 84.1 Å². The van der Waals surface area contributed by atoms with Gasteiger partial charge in [-0.25, -0.2) is 4.98 Å². The zero-order chi connectivity index (χ0) is 16.3. The van der Waals surface area contributed by atoms with Crippen LogP contribution in [-0.2, 0) is 11.2 Å². The minimum absolute atomic E-state index is 0.160. The highest BCUT2D eigenvalue weighted by Crippen LogP contribution is 2.31. The maximum Gasteiger partial charge on any atom is 0.242 e. The maximum absolute atomic E-state index is 12.8. The van der Waals surface area contributed by atoms with E-state index in [0.29, 0.717) is 5.92 Å². The molecule has 23 heavy (non-hydrogen) atoms. The average molecular weight is 317 g/mol. The first-order chi connectivity index (χ1) is 11.1. The molecular formula is C17H27N5O. The Hall–Kier alpha value is -1.69. The van der Waals surface area contributed by atoms with E-state index in [1.807, 2.05) is 11.9 Å². The molecule has 6 heteroatoms. The number of nitrogens with zero attached hydrogens (tertiary/aromatic N) is 3. The third kappa shape index (κ3) is 3.47. The van der Waals surface area contributed by atoms with Crippen LogP contribution in [0.2, 0.25) is 0 Å². The molecule has 0 spiro atoms. The molecule has 1 amide bonds. The fourth-order valence-corrected chi connectivity index (χ4v) is 3.95. The van der Waals surface area contributed by atoms with Crippen LogP contribution in [0.15, 0.2) is 12.4 Å². The molecule has 2 heterocycles. The van der Waals surface area contributed by atoms with E-state index in [1.54, 1.807) is 12.4 Å². The van der Waals surface area contributed by atoms with Crippen molar-refractivity contribution in [3.8, 4) is 0 Å². The van der Waals surface area contributed by atoms with Crippen molar-refractivity contribution in [3.05, 3.63) is 18.1 Å². The van der Waals surface area contributed by atoms with Gasteiger partial charge in [-0.1, -0.05) is 12.8 Å². The molecule has 3 N–H and O–H groups in total. The van der Waals surface area contributed by atoms with Gasteiger partial charge in [0, 0.05) is 32.5 Å². The fourth-order valence-electron chi connectivity index (χ4n) is 3.95. The van der Waals surface area contributed by atoms with Crippen LogP contribution in [0.25, 0.3) is 0 Å². The molecule has 1 saturated heterocycles. The monoisotopic (exact) mass is 317 g/mol. The van der Waals surface area contributed by atoms with Crippen molar-refractivity contribution in [2.45, 2.75) is 50.5 Å². The molecule has 6 nitrogen and oxygen atoms in total. The zero-order valence-electron chi connectivity index (χ0n) is 13.9. The van der Waals surface area contributed by atoms with E-state index >= 15 is 0 Å². The van der Waals surface area contributed by atoms with Crippen LogP contribution < -0.4 is 11.1 Å². The minimum atomic E-state index is -0.607.